The summed E-state index contributed by atoms with van der Waals surface area (Å²) in [6.45, 7) is -0.355. The van der Waals surface area contributed by atoms with Crippen LogP contribution in [0.25, 0.3) is 0 Å². The van der Waals surface area contributed by atoms with Gasteiger partial charge in [-0.15, -0.1) is 0 Å². The number of ether oxygens (including phenoxy) is 1. The monoisotopic (exact) mass is 325 g/mol. The van der Waals surface area contributed by atoms with E-state index in [1.165, 1.54) is 36.4 Å². The molecule has 5 nitrogen and oxygen atoms in total. The summed E-state index contributed by atoms with van der Waals surface area (Å²) < 4.78 is 5.22. The average molecular weight is 326 g/mol. The number of para-hydroxylation sites is 2. The number of nitrogens with zero attached hydrogens (tertiary/aromatic N) is 1. The molecule has 0 unspecified atom stereocenters. The molecule has 0 aliphatic rings. The maximum absolute atomic E-state index is 12.0. The van der Waals surface area contributed by atoms with E-state index in [-0.39, 0.29) is 28.6 Å². The molecule has 0 fully saturated rings. The Morgan fingerprint density at radius 2 is 1.90 bits per heavy atom. The fraction of sp³-hybridized carbons (Fsp3) is 0.0714. The SMILES string of the molecule is O=C(COc1ccccc1[N+](=O)[O-])c1ccc(Cl)cc1Cl. The molecule has 0 spiro atoms. The minimum atomic E-state index is -0.574. The molecular weight excluding hydrogens is 317 g/mol. The molecule has 0 radical (unpaired) electrons. The standard InChI is InChI=1S/C14H9Cl2NO4/c15-9-5-6-10(11(16)7-9)13(18)8-21-14-4-2-1-3-12(14)17(19)20/h1-7H,8H2. The lowest BCUT2D eigenvalue weighted by molar-refractivity contribution is -0.385. The molecule has 0 saturated heterocycles. The molecule has 0 N–H and O–H groups in total. The van der Waals surface area contributed by atoms with Crippen molar-refractivity contribution in [1.82, 2.24) is 0 Å². The van der Waals surface area contributed by atoms with Crippen LogP contribution in [0.3, 0.4) is 0 Å². The zero-order valence-electron chi connectivity index (χ0n) is 10.6. The van der Waals surface area contributed by atoms with Gasteiger partial charge in [0.05, 0.1) is 9.95 Å². The van der Waals surface area contributed by atoms with Crippen molar-refractivity contribution in [3.63, 3.8) is 0 Å². The molecule has 2 aromatic carbocycles. The van der Waals surface area contributed by atoms with Crippen LogP contribution in [0.4, 0.5) is 5.69 Å². The topological polar surface area (TPSA) is 69.4 Å². The summed E-state index contributed by atoms with van der Waals surface area (Å²) in [5.41, 5.74) is 0.0483. The Balaban J connectivity index is 2.13. The number of nitro benzene ring substituents is 1. The fourth-order valence-corrected chi connectivity index (χ4v) is 2.18. The summed E-state index contributed by atoms with van der Waals surface area (Å²) in [5.74, 6) is -0.365. The second-order valence-corrected chi connectivity index (χ2v) is 4.90. The normalized spacial score (nSPS) is 10.2. The highest BCUT2D eigenvalue weighted by molar-refractivity contribution is 6.36. The van der Waals surface area contributed by atoms with Crippen LogP contribution in [0.2, 0.25) is 10.0 Å². The summed E-state index contributed by atoms with van der Waals surface area (Å²) in [7, 11) is 0. The zero-order valence-corrected chi connectivity index (χ0v) is 12.1. The first-order chi connectivity index (χ1) is 9.99. The van der Waals surface area contributed by atoms with Crippen LogP contribution < -0.4 is 4.74 Å². The summed E-state index contributed by atoms with van der Waals surface area (Å²) >= 11 is 11.7. The van der Waals surface area contributed by atoms with Gasteiger partial charge in [0.15, 0.2) is 12.4 Å². The van der Waals surface area contributed by atoms with Gasteiger partial charge >= 0.3 is 5.69 Å². The molecule has 0 aliphatic heterocycles. The van der Waals surface area contributed by atoms with Crippen molar-refractivity contribution in [2.24, 2.45) is 0 Å². The molecule has 0 amide bonds. The van der Waals surface area contributed by atoms with Crippen LogP contribution in [0.5, 0.6) is 5.75 Å². The second kappa shape index (κ2) is 6.56. The Morgan fingerprint density at radius 3 is 2.57 bits per heavy atom. The van der Waals surface area contributed by atoms with Crippen molar-refractivity contribution in [3.05, 3.63) is 68.2 Å². The largest absolute Gasteiger partial charge is 0.478 e. The first-order valence-electron chi connectivity index (χ1n) is 5.83. The number of rotatable bonds is 5. The smallest absolute Gasteiger partial charge is 0.310 e. The maximum atomic E-state index is 12.0. The summed E-state index contributed by atoms with van der Waals surface area (Å²) in [5, 5.41) is 11.5. The van der Waals surface area contributed by atoms with E-state index < -0.39 is 10.7 Å². The van der Waals surface area contributed by atoms with Gasteiger partial charge in [-0.2, -0.15) is 0 Å². The molecule has 108 valence electrons. The van der Waals surface area contributed by atoms with E-state index in [4.69, 9.17) is 27.9 Å². The van der Waals surface area contributed by atoms with E-state index >= 15 is 0 Å². The number of halogens is 2. The highest BCUT2D eigenvalue weighted by atomic mass is 35.5. The molecule has 0 atom stereocenters. The molecule has 21 heavy (non-hydrogen) atoms. The van der Waals surface area contributed by atoms with E-state index in [0.29, 0.717) is 5.02 Å². The minimum Gasteiger partial charge on any atom is -0.478 e. The predicted octanol–water partition coefficient (Wildman–Crippen LogP) is 4.16. The van der Waals surface area contributed by atoms with Gasteiger partial charge < -0.3 is 4.74 Å². The third-order valence-electron chi connectivity index (χ3n) is 2.65. The van der Waals surface area contributed by atoms with Crippen molar-refractivity contribution in [2.45, 2.75) is 0 Å². The number of ketones is 1. The van der Waals surface area contributed by atoms with E-state index in [9.17, 15) is 14.9 Å². The molecular formula is C14H9Cl2NO4. The number of Topliss-reactive ketones (excluding diaryl/α,β-unsaturated/α-hetero) is 1. The molecule has 0 aromatic heterocycles. The number of hydrogen-bond acceptors (Lipinski definition) is 4. The quantitative estimate of drug-likeness (QED) is 0.470. The van der Waals surface area contributed by atoms with E-state index in [1.54, 1.807) is 6.07 Å². The number of benzene rings is 2. The Morgan fingerprint density at radius 1 is 1.19 bits per heavy atom. The molecule has 0 aliphatic carbocycles. The molecule has 2 aromatic rings. The number of carbonyl (C=O) groups excluding carboxylic acids is 1. The second-order valence-electron chi connectivity index (χ2n) is 4.06. The Bertz CT molecular complexity index is 703. The average Bonchev–Trinajstić information content (AvgIpc) is 2.45. The Hall–Kier alpha value is -2.11. The van der Waals surface area contributed by atoms with Gasteiger partial charge in [0.2, 0.25) is 5.78 Å². The molecule has 0 heterocycles. The third-order valence-corrected chi connectivity index (χ3v) is 3.20. The maximum Gasteiger partial charge on any atom is 0.310 e. The van der Waals surface area contributed by atoms with Crippen LogP contribution in [-0.2, 0) is 0 Å². The van der Waals surface area contributed by atoms with Gasteiger partial charge in [0.1, 0.15) is 0 Å². The lowest BCUT2D eigenvalue weighted by Crippen LogP contribution is -2.12. The van der Waals surface area contributed by atoms with E-state index in [1.807, 2.05) is 0 Å². The Kier molecular flexibility index (Phi) is 4.77. The Labute approximate surface area is 130 Å². The number of nitro groups is 1. The van der Waals surface area contributed by atoms with Crippen LogP contribution in [0, 0.1) is 10.1 Å². The number of carbonyl (C=O) groups is 1. The first kappa shape index (κ1) is 15.3. The summed E-state index contributed by atoms with van der Waals surface area (Å²) in [6.07, 6.45) is 0. The van der Waals surface area contributed by atoms with Crippen LogP contribution >= 0.6 is 23.2 Å². The van der Waals surface area contributed by atoms with Crippen LogP contribution in [0.1, 0.15) is 10.4 Å². The van der Waals surface area contributed by atoms with Gasteiger partial charge in [-0.05, 0) is 24.3 Å². The lowest BCUT2D eigenvalue weighted by Gasteiger charge is -2.07. The highest BCUT2D eigenvalue weighted by Crippen LogP contribution is 2.26. The van der Waals surface area contributed by atoms with Crippen molar-refractivity contribution in [3.8, 4) is 5.75 Å². The first-order valence-corrected chi connectivity index (χ1v) is 6.59. The van der Waals surface area contributed by atoms with E-state index in [0.717, 1.165) is 0 Å². The predicted molar refractivity (Wildman–Crippen MR) is 79.4 cm³/mol. The van der Waals surface area contributed by atoms with Gasteiger partial charge in [-0.3, -0.25) is 14.9 Å². The van der Waals surface area contributed by atoms with Gasteiger partial charge in [0, 0.05) is 16.7 Å². The molecule has 0 saturated carbocycles. The molecule has 7 heteroatoms. The van der Waals surface area contributed by atoms with Crippen molar-refractivity contribution in [2.75, 3.05) is 6.61 Å². The lowest BCUT2D eigenvalue weighted by atomic mass is 10.1. The highest BCUT2D eigenvalue weighted by Gasteiger charge is 2.16. The van der Waals surface area contributed by atoms with Gasteiger partial charge in [-0.1, -0.05) is 35.3 Å². The minimum absolute atomic E-state index is 0.0286. The molecule has 0 bridgehead atoms. The summed E-state index contributed by atoms with van der Waals surface area (Å²) in [6, 6.07) is 10.3. The molecule has 2 rings (SSSR count). The van der Waals surface area contributed by atoms with Crippen LogP contribution in [0.15, 0.2) is 42.5 Å². The van der Waals surface area contributed by atoms with Crippen molar-refractivity contribution in [1.29, 1.82) is 0 Å². The summed E-state index contributed by atoms with van der Waals surface area (Å²) in [4.78, 5) is 22.3. The van der Waals surface area contributed by atoms with Crippen molar-refractivity contribution >= 4 is 34.7 Å². The van der Waals surface area contributed by atoms with Gasteiger partial charge in [0.25, 0.3) is 0 Å². The zero-order chi connectivity index (χ0) is 15.4. The van der Waals surface area contributed by atoms with Gasteiger partial charge in [-0.25, -0.2) is 0 Å². The van der Waals surface area contributed by atoms with Crippen molar-refractivity contribution < 1.29 is 14.5 Å². The third kappa shape index (κ3) is 3.71. The fourth-order valence-electron chi connectivity index (χ4n) is 1.67. The van der Waals surface area contributed by atoms with Crippen LogP contribution in [-0.4, -0.2) is 17.3 Å². The number of hydrogen-bond donors (Lipinski definition) is 0. The van der Waals surface area contributed by atoms with E-state index in [2.05, 4.69) is 0 Å².